The summed E-state index contributed by atoms with van der Waals surface area (Å²) in [5.74, 6) is 0. The molecule has 0 saturated heterocycles. The Morgan fingerprint density at radius 3 is 2.73 bits per heavy atom. The molecule has 0 aliphatic carbocycles. The van der Waals surface area contributed by atoms with Gasteiger partial charge in [0, 0.05) is 24.4 Å². The zero-order valence-electron chi connectivity index (χ0n) is 7.18. The first-order valence-corrected chi connectivity index (χ1v) is 3.52. The molecular weight excluding hydrogens is 136 g/mol. The minimum Gasteiger partial charge on any atom is -0.275 e. The highest BCUT2D eigenvalue weighted by atomic mass is 15.2. The second-order valence-electron chi connectivity index (χ2n) is 2.60. The standard InChI is InChI=1S/C9H12N2/c1-5-7(2)9-6-11(4)10-8(9)3/h6H,1H2,2-4H3. The normalized spacial score (nSPS) is 9.36. The monoisotopic (exact) mass is 148 g/mol. The van der Waals surface area contributed by atoms with Gasteiger partial charge in [-0.3, -0.25) is 4.68 Å². The first kappa shape index (κ1) is 7.83. The Labute approximate surface area is 66.8 Å². The third-order valence-corrected chi connectivity index (χ3v) is 1.68. The topological polar surface area (TPSA) is 17.8 Å². The molecule has 2 heteroatoms. The Kier molecular flexibility index (Phi) is 1.97. The van der Waals surface area contributed by atoms with Crippen LogP contribution in [0.2, 0.25) is 0 Å². The molecule has 1 aromatic rings. The van der Waals surface area contributed by atoms with Crippen LogP contribution in [-0.4, -0.2) is 9.78 Å². The molecule has 0 unspecified atom stereocenters. The second kappa shape index (κ2) is 2.77. The SMILES string of the molecule is C=C=C(C)c1cn(C)nc1C. The van der Waals surface area contributed by atoms with Crippen molar-refractivity contribution in [2.45, 2.75) is 13.8 Å². The number of aryl methyl sites for hydroxylation is 2. The maximum absolute atomic E-state index is 4.21. The number of rotatable bonds is 1. The van der Waals surface area contributed by atoms with E-state index in [4.69, 9.17) is 0 Å². The minimum atomic E-state index is 1.03. The lowest BCUT2D eigenvalue weighted by Crippen LogP contribution is -1.86. The molecule has 0 radical (unpaired) electrons. The van der Waals surface area contributed by atoms with E-state index in [9.17, 15) is 0 Å². The highest BCUT2D eigenvalue weighted by Crippen LogP contribution is 2.14. The van der Waals surface area contributed by atoms with Crippen molar-refractivity contribution in [3.8, 4) is 0 Å². The first-order chi connectivity index (χ1) is 5.15. The molecule has 0 saturated carbocycles. The molecule has 1 heterocycles. The minimum absolute atomic E-state index is 1.03. The third kappa shape index (κ3) is 1.41. The average Bonchev–Trinajstić information content (AvgIpc) is 2.28. The lowest BCUT2D eigenvalue weighted by atomic mass is 10.1. The van der Waals surface area contributed by atoms with Gasteiger partial charge in [-0.1, -0.05) is 6.58 Å². The van der Waals surface area contributed by atoms with Crippen LogP contribution >= 0.6 is 0 Å². The van der Waals surface area contributed by atoms with Gasteiger partial charge in [0.1, 0.15) is 0 Å². The van der Waals surface area contributed by atoms with Crippen molar-refractivity contribution >= 4 is 5.57 Å². The summed E-state index contributed by atoms with van der Waals surface area (Å²) >= 11 is 0. The van der Waals surface area contributed by atoms with Crippen LogP contribution in [0, 0.1) is 6.92 Å². The predicted octanol–water partition coefficient (Wildman–Crippen LogP) is 1.92. The molecule has 2 nitrogen and oxygen atoms in total. The van der Waals surface area contributed by atoms with Crippen LogP contribution in [0.4, 0.5) is 0 Å². The van der Waals surface area contributed by atoms with Gasteiger partial charge in [-0.25, -0.2) is 0 Å². The smallest absolute Gasteiger partial charge is 0.0674 e. The largest absolute Gasteiger partial charge is 0.275 e. The molecule has 0 N–H and O–H groups in total. The van der Waals surface area contributed by atoms with Crippen molar-refractivity contribution in [3.63, 3.8) is 0 Å². The van der Waals surface area contributed by atoms with Crippen molar-refractivity contribution in [1.82, 2.24) is 9.78 Å². The molecule has 0 aliphatic rings. The molecule has 0 amide bonds. The van der Waals surface area contributed by atoms with E-state index < -0.39 is 0 Å². The van der Waals surface area contributed by atoms with Gasteiger partial charge in [0.25, 0.3) is 0 Å². The molecule has 1 rings (SSSR count). The van der Waals surface area contributed by atoms with E-state index in [-0.39, 0.29) is 0 Å². The average molecular weight is 148 g/mol. The summed E-state index contributed by atoms with van der Waals surface area (Å²) in [7, 11) is 1.91. The Morgan fingerprint density at radius 2 is 2.36 bits per heavy atom. The zero-order chi connectivity index (χ0) is 8.43. The van der Waals surface area contributed by atoms with E-state index in [2.05, 4.69) is 17.4 Å². The van der Waals surface area contributed by atoms with Gasteiger partial charge in [-0.15, -0.1) is 5.73 Å². The number of hydrogen-bond acceptors (Lipinski definition) is 1. The first-order valence-electron chi connectivity index (χ1n) is 3.52. The van der Waals surface area contributed by atoms with E-state index in [1.807, 2.05) is 27.1 Å². The van der Waals surface area contributed by atoms with E-state index in [1.54, 1.807) is 4.68 Å². The Hall–Kier alpha value is -1.27. The molecule has 0 bridgehead atoms. The molecule has 0 aliphatic heterocycles. The molecule has 0 spiro atoms. The summed E-state index contributed by atoms with van der Waals surface area (Å²) in [5.41, 5.74) is 6.06. The summed E-state index contributed by atoms with van der Waals surface area (Å²) in [6, 6.07) is 0. The molecule has 0 aromatic carbocycles. The number of aromatic nitrogens is 2. The lowest BCUT2D eigenvalue weighted by Gasteiger charge is -1.91. The van der Waals surface area contributed by atoms with Gasteiger partial charge < -0.3 is 0 Å². The molecule has 0 atom stereocenters. The summed E-state index contributed by atoms with van der Waals surface area (Å²) in [5, 5.41) is 4.21. The van der Waals surface area contributed by atoms with Gasteiger partial charge in [0.15, 0.2) is 0 Å². The summed E-state index contributed by atoms with van der Waals surface area (Å²) in [4.78, 5) is 0. The van der Waals surface area contributed by atoms with Gasteiger partial charge in [-0.2, -0.15) is 5.10 Å². The Bertz CT molecular complexity index is 314. The van der Waals surface area contributed by atoms with E-state index in [1.165, 1.54) is 0 Å². The predicted molar refractivity (Wildman–Crippen MR) is 46.2 cm³/mol. The maximum atomic E-state index is 4.21. The molecular formula is C9H12N2. The molecule has 11 heavy (non-hydrogen) atoms. The maximum Gasteiger partial charge on any atom is 0.0674 e. The van der Waals surface area contributed by atoms with Crippen molar-refractivity contribution in [3.05, 3.63) is 29.8 Å². The van der Waals surface area contributed by atoms with Crippen LogP contribution in [0.1, 0.15) is 18.2 Å². The van der Waals surface area contributed by atoms with Gasteiger partial charge in [0.05, 0.1) is 5.69 Å². The lowest BCUT2D eigenvalue weighted by molar-refractivity contribution is 0.756. The van der Waals surface area contributed by atoms with Crippen molar-refractivity contribution < 1.29 is 0 Å². The van der Waals surface area contributed by atoms with Gasteiger partial charge >= 0.3 is 0 Å². The van der Waals surface area contributed by atoms with Crippen LogP contribution in [0.3, 0.4) is 0 Å². The highest BCUT2D eigenvalue weighted by Gasteiger charge is 2.02. The fraction of sp³-hybridized carbons (Fsp3) is 0.333. The summed E-state index contributed by atoms with van der Waals surface area (Å²) in [6.45, 7) is 7.55. The molecule has 1 aromatic heterocycles. The van der Waals surface area contributed by atoms with Crippen LogP contribution in [0.25, 0.3) is 5.57 Å². The third-order valence-electron chi connectivity index (χ3n) is 1.68. The van der Waals surface area contributed by atoms with Crippen LogP contribution in [0.5, 0.6) is 0 Å². The van der Waals surface area contributed by atoms with Crippen LogP contribution in [0.15, 0.2) is 18.5 Å². The quantitative estimate of drug-likeness (QED) is 0.556. The Morgan fingerprint density at radius 1 is 1.73 bits per heavy atom. The fourth-order valence-corrected chi connectivity index (χ4v) is 1.06. The van der Waals surface area contributed by atoms with E-state index in [0.29, 0.717) is 0 Å². The van der Waals surface area contributed by atoms with Gasteiger partial charge in [-0.05, 0) is 13.8 Å². The molecule has 58 valence electrons. The zero-order valence-corrected chi connectivity index (χ0v) is 7.18. The number of hydrogen-bond donors (Lipinski definition) is 0. The highest BCUT2D eigenvalue weighted by molar-refractivity contribution is 5.63. The van der Waals surface area contributed by atoms with Crippen LogP contribution < -0.4 is 0 Å². The second-order valence-corrected chi connectivity index (χ2v) is 2.60. The van der Waals surface area contributed by atoms with Crippen molar-refractivity contribution in [2.75, 3.05) is 0 Å². The summed E-state index contributed by atoms with van der Waals surface area (Å²) in [6.07, 6.45) is 1.98. The molecule has 0 fully saturated rings. The Balaban J connectivity index is 3.23. The number of nitrogens with zero attached hydrogens (tertiary/aromatic N) is 2. The van der Waals surface area contributed by atoms with Crippen LogP contribution in [-0.2, 0) is 7.05 Å². The number of allylic oxidation sites excluding steroid dienone is 1. The van der Waals surface area contributed by atoms with Crippen molar-refractivity contribution in [1.29, 1.82) is 0 Å². The van der Waals surface area contributed by atoms with Crippen molar-refractivity contribution in [2.24, 2.45) is 7.05 Å². The fourth-order valence-electron chi connectivity index (χ4n) is 1.06. The van der Waals surface area contributed by atoms with E-state index in [0.717, 1.165) is 16.8 Å². The summed E-state index contributed by atoms with van der Waals surface area (Å²) < 4.78 is 1.80. The van der Waals surface area contributed by atoms with E-state index >= 15 is 0 Å². The van der Waals surface area contributed by atoms with Gasteiger partial charge in [0.2, 0.25) is 0 Å².